The van der Waals surface area contributed by atoms with Gasteiger partial charge in [-0.25, -0.2) is 4.79 Å². The molecule has 1 unspecified atom stereocenters. The lowest BCUT2D eigenvalue weighted by atomic mass is 10.2. The highest BCUT2D eigenvalue weighted by molar-refractivity contribution is 7.99. The average Bonchev–Trinajstić information content (AvgIpc) is 2.78. The van der Waals surface area contributed by atoms with Crippen molar-refractivity contribution < 1.29 is 19.2 Å². The molecule has 100 valence electrons. The monoisotopic (exact) mass is 272 g/mol. The van der Waals surface area contributed by atoms with Crippen LogP contribution in [0.4, 0.5) is 0 Å². The molecular weight excluding hydrogens is 256 g/mol. The molecule has 1 aromatic heterocycles. The lowest BCUT2D eigenvalue weighted by Crippen LogP contribution is -2.33. The number of nitrogens with one attached hydrogen (secondary N) is 1. The fourth-order valence-corrected chi connectivity index (χ4v) is 2.07. The van der Waals surface area contributed by atoms with E-state index in [2.05, 4.69) is 21.9 Å². The minimum absolute atomic E-state index is 0.0117. The Kier molecular flexibility index (Phi) is 5.70. The van der Waals surface area contributed by atoms with Gasteiger partial charge < -0.3 is 14.9 Å². The zero-order valence-corrected chi connectivity index (χ0v) is 11.1. The Bertz CT molecular complexity index is 419. The minimum atomic E-state index is -1.24. The number of carboxylic acid groups (broad SMARTS) is 1. The summed E-state index contributed by atoms with van der Waals surface area (Å²) in [7, 11) is 0. The van der Waals surface area contributed by atoms with Crippen molar-refractivity contribution in [1.82, 2.24) is 10.5 Å². The zero-order chi connectivity index (χ0) is 13.5. The van der Waals surface area contributed by atoms with E-state index in [4.69, 9.17) is 5.11 Å². The molecule has 1 aromatic rings. The van der Waals surface area contributed by atoms with E-state index in [1.54, 1.807) is 11.8 Å². The number of aromatic carboxylic acids is 1. The molecule has 1 rings (SSSR count). The highest BCUT2D eigenvalue weighted by Gasteiger charge is 2.17. The lowest BCUT2D eigenvalue weighted by molar-refractivity contribution is 0.0651. The summed E-state index contributed by atoms with van der Waals surface area (Å²) in [5, 5.41) is 14.8. The summed E-state index contributed by atoms with van der Waals surface area (Å²) in [5.74, 6) is 0.0202. The van der Waals surface area contributed by atoms with E-state index in [0.29, 0.717) is 0 Å². The first-order valence-electron chi connectivity index (χ1n) is 5.63. The van der Waals surface area contributed by atoms with Gasteiger partial charge in [0.15, 0.2) is 5.69 Å². The van der Waals surface area contributed by atoms with Crippen LogP contribution in [0.2, 0.25) is 0 Å². The highest BCUT2D eigenvalue weighted by atomic mass is 32.2. The Balaban J connectivity index is 2.46. The van der Waals surface area contributed by atoms with Gasteiger partial charge in [0.2, 0.25) is 5.76 Å². The molecule has 0 aliphatic heterocycles. The number of rotatable bonds is 7. The number of amides is 1. The number of nitrogens with zero attached hydrogens (tertiary/aromatic N) is 1. The second kappa shape index (κ2) is 7.05. The Hall–Kier alpha value is -1.50. The number of hydrogen-bond donors (Lipinski definition) is 2. The van der Waals surface area contributed by atoms with Crippen molar-refractivity contribution in [2.45, 2.75) is 26.3 Å². The fraction of sp³-hybridized carbons (Fsp3) is 0.545. The zero-order valence-electron chi connectivity index (χ0n) is 10.3. The average molecular weight is 272 g/mol. The maximum Gasteiger partial charge on any atom is 0.374 e. The summed E-state index contributed by atoms with van der Waals surface area (Å²) in [6, 6.07) is 1.13. The van der Waals surface area contributed by atoms with Crippen LogP contribution in [0.25, 0.3) is 0 Å². The SMILES string of the molecule is CCSCCC(C)NC(=O)c1cc(C(=O)O)on1. The Morgan fingerprint density at radius 2 is 2.33 bits per heavy atom. The number of hydrogen-bond acceptors (Lipinski definition) is 5. The fourth-order valence-electron chi connectivity index (χ4n) is 1.26. The maximum absolute atomic E-state index is 11.7. The first kappa shape index (κ1) is 14.6. The molecule has 1 amide bonds. The van der Waals surface area contributed by atoms with E-state index >= 15 is 0 Å². The summed E-state index contributed by atoms with van der Waals surface area (Å²) in [6.45, 7) is 3.98. The summed E-state index contributed by atoms with van der Waals surface area (Å²) in [4.78, 5) is 22.3. The van der Waals surface area contributed by atoms with E-state index < -0.39 is 11.9 Å². The summed E-state index contributed by atoms with van der Waals surface area (Å²) < 4.78 is 4.51. The molecule has 6 nitrogen and oxygen atoms in total. The molecular formula is C11H16N2O4S. The van der Waals surface area contributed by atoms with Crippen molar-refractivity contribution in [3.05, 3.63) is 17.5 Å². The van der Waals surface area contributed by atoms with Gasteiger partial charge in [-0.2, -0.15) is 11.8 Å². The van der Waals surface area contributed by atoms with Crippen LogP contribution in [-0.2, 0) is 0 Å². The van der Waals surface area contributed by atoms with Gasteiger partial charge in [0.25, 0.3) is 5.91 Å². The quantitative estimate of drug-likeness (QED) is 0.733. The Morgan fingerprint density at radius 1 is 1.61 bits per heavy atom. The van der Waals surface area contributed by atoms with E-state index in [9.17, 15) is 9.59 Å². The molecule has 0 saturated carbocycles. The van der Waals surface area contributed by atoms with Crippen LogP contribution in [0.5, 0.6) is 0 Å². The van der Waals surface area contributed by atoms with Gasteiger partial charge in [0.1, 0.15) is 0 Å². The Morgan fingerprint density at radius 3 is 2.89 bits per heavy atom. The van der Waals surface area contributed by atoms with Gasteiger partial charge in [0, 0.05) is 12.1 Å². The van der Waals surface area contributed by atoms with Gasteiger partial charge in [-0.05, 0) is 24.9 Å². The Labute approximate surface area is 109 Å². The standard InChI is InChI=1S/C11H16N2O4S/c1-3-18-5-4-7(2)12-10(14)8-6-9(11(15)16)17-13-8/h6-7H,3-5H2,1-2H3,(H,12,14)(H,15,16). The van der Waals surface area contributed by atoms with Crippen molar-refractivity contribution in [2.24, 2.45) is 0 Å². The molecule has 0 radical (unpaired) electrons. The van der Waals surface area contributed by atoms with Crippen LogP contribution in [0.3, 0.4) is 0 Å². The van der Waals surface area contributed by atoms with E-state index in [0.717, 1.165) is 24.0 Å². The predicted molar refractivity (Wildman–Crippen MR) is 68.0 cm³/mol. The first-order chi connectivity index (χ1) is 8.54. The maximum atomic E-state index is 11.7. The van der Waals surface area contributed by atoms with Crippen LogP contribution in [0.1, 0.15) is 41.3 Å². The van der Waals surface area contributed by atoms with Gasteiger partial charge in [-0.15, -0.1) is 0 Å². The van der Waals surface area contributed by atoms with Gasteiger partial charge in [-0.1, -0.05) is 12.1 Å². The van der Waals surface area contributed by atoms with Crippen LogP contribution in [0, 0.1) is 0 Å². The molecule has 0 aromatic carbocycles. The van der Waals surface area contributed by atoms with Crippen LogP contribution in [-0.4, -0.2) is 39.7 Å². The minimum Gasteiger partial charge on any atom is -0.475 e. The second-order valence-corrected chi connectivity index (χ2v) is 5.14. The third-order valence-corrected chi connectivity index (χ3v) is 3.16. The molecule has 0 aliphatic rings. The van der Waals surface area contributed by atoms with Gasteiger partial charge in [0.05, 0.1) is 0 Å². The third-order valence-electron chi connectivity index (χ3n) is 2.23. The number of thioether (sulfide) groups is 1. The largest absolute Gasteiger partial charge is 0.475 e. The van der Waals surface area contributed by atoms with Gasteiger partial charge in [-0.3, -0.25) is 4.79 Å². The first-order valence-corrected chi connectivity index (χ1v) is 6.78. The van der Waals surface area contributed by atoms with Crippen molar-refractivity contribution in [3.8, 4) is 0 Å². The van der Waals surface area contributed by atoms with Crippen LogP contribution in [0.15, 0.2) is 10.6 Å². The molecule has 1 atom stereocenters. The number of aromatic nitrogens is 1. The summed E-state index contributed by atoms with van der Waals surface area (Å²) in [6.07, 6.45) is 0.855. The molecule has 0 fully saturated rings. The van der Waals surface area contributed by atoms with Gasteiger partial charge >= 0.3 is 5.97 Å². The van der Waals surface area contributed by atoms with Crippen LogP contribution >= 0.6 is 11.8 Å². The molecule has 0 aliphatic carbocycles. The lowest BCUT2D eigenvalue weighted by Gasteiger charge is -2.11. The molecule has 18 heavy (non-hydrogen) atoms. The molecule has 0 spiro atoms. The van der Waals surface area contributed by atoms with Crippen molar-refractivity contribution in [3.63, 3.8) is 0 Å². The van der Waals surface area contributed by atoms with E-state index in [-0.39, 0.29) is 17.5 Å². The van der Waals surface area contributed by atoms with Crippen molar-refractivity contribution in [1.29, 1.82) is 0 Å². The van der Waals surface area contributed by atoms with Crippen molar-refractivity contribution >= 4 is 23.6 Å². The molecule has 0 bridgehead atoms. The summed E-state index contributed by atoms with van der Waals surface area (Å²) in [5.41, 5.74) is -0.0117. The van der Waals surface area contributed by atoms with Crippen LogP contribution < -0.4 is 5.32 Å². The smallest absolute Gasteiger partial charge is 0.374 e. The van der Waals surface area contributed by atoms with Crippen molar-refractivity contribution in [2.75, 3.05) is 11.5 Å². The van der Waals surface area contributed by atoms with E-state index in [1.165, 1.54) is 0 Å². The molecule has 0 saturated heterocycles. The van der Waals surface area contributed by atoms with E-state index in [1.807, 2.05) is 6.92 Å². The number of carbonyl (C=O) groups excluding carboxylic acids is 1. The normalized spacial score (nSPS) is 12.1. The molecule has 2 N–H and O–H groups in total. The number of carbonyl (C=O) groups is 2. The predicted octanol–water partition coefficient (Wildman–Crippen LogP) is 1.63. The highest BCUT2D eigenvalue weighted by Crippen LogP contribution is 2.06. The molecule has 1 heterocycles. The second-order valence-electron chi connectivity index (χ2n) is 3.74. The molecule has 7 heteroatoms. The topological polar surface area (TPSA) is 92.4 Å². The summed E-state index contributed by atoms with van der Waals surface area (Å²) >= 11 is 1.80. The third kappa shape index (κ3) is 4.40. The number of carboxylic acids is 1.